The van der Waals surface area contributed by atoms with Crippen LogP contribution in [0.1, 0.15) is 0 Å². The Kier molecular flexibility index (Phi) is 2.73. The molecule has 0 saturated carbocycles. The van der Waals surface area contributed by atoms with Crippen molar-refractivity contribution in [1.82, 2.24) is 14.9 Å². The first kappa shape index (κ1) is 11.1. The zero-order chi connectivity index (χ0) is 12.4. The van der Waals surface area contributed by atoms with Crippen LogP contribution in [0.3, 0.4) is 0 Å². The number of benzene rings is 1. The molecule has 0 spiro atoms. The molecule has 0 atom stereocenters. The molecule has 0 fully saturated rings. The van der Waals surface area contributed by atoms with Crippen LogP contribution in [-0.4, -0.2) is 29.1 Å². The van der Waals surface area contributed by atoms with Crippen LogP contribution in [0.5, 0.6) is 11.5 Å². The molecule has 0 amide bonds. The van der Waals surface area contributed by atoms with Crippen molar-refractivity contribution < 1.29 is 9.47 Å². The summed E-state index contributed by atoms with van der Waals surface area (Å²) in [4.78, 5) is 0. The van der Waals surface area contributed by atoms with Crippen LogP contribution in [0.15, 0.2) is 18.2 Å². The summed E-state index contributed by atoms with van der Waals surface area (Å²) in [6, 6.07) is 5.30. The minimum Gasteiger partial charge on any atom is -0.497 e. The average Bonchev–Trinajstić information content (AvgIpc) is 2.69. The Morgan fingerprint density at radius 2 is 1.94 bits per heavy atom. The van der Waals surface area contributed by atoms with Crippen molar-refractivity contribution in [2.45, 2.75) is 0 Å². The van der Waals surface area contributed by atoms with E-state index in [1.54, 1.807) is 32.4 Å². The minimum absolute atomic E-state index is 0.130. The Morgan fingerprint density at radius 1 is 1.18 bits per heavy atom. The number of anilines is 1. The number of nitrogens with zero attached hydrogens (tertiary/aromatic N) is 3. The third-order valence-electron chi connectivity index (χ3n) is 2.37. The van der Waals surface area contributed by atoms with E-state index in [0.717, 1.165) is 0 Å². The zero-order valence-corrected chi connectivity index (χ0v) is 9.54. The van der Waals surface area contributed by atoms with Crippen molar-refractivity contribution in [3.05, 3.63) is 18.2 Å². The number of aromatic nitrogens is 3. The van der Waals surface area contributed by atoms with Gasteiger partial charge in [-0.25, -0.2) is 4.68 Å². The van der Waals surface area contributed by atoms with Crippen LogP contribution in [-0.2, 0) is 0 Å². The van der Waals surface area contributed by atoms with Crippen LogP contribution in [0, 0.1) is 0 Å². The Bertz CT molecular complexity index is 537. The number of hydrogen-bond donors (Lipinski definition) is 2. The first-order valence-electron chi connectivity index (χ1n) is 4.85. The van der Waals surface area contributed by atoms with E-state index in [2.05, 4.69) is 10.2 Å². The van der Waals surface area contributed by atoms with E-state index in [1.807, 2.05) is 0 Å². The van der Waals surface area contributed by atoms with E-state index < -0.39 is 0 Å². The predicted octanol–water partition coefficient (Wildman–Crippen LogP) is 0.258. The topological polar surface area (TPSA) is 101 Å². The molecule has 2 aromatic rings. The number of hydrogen-bond acceptors (Lipinski definition) is 6. The van der Waals surface area contributed by atoms with Crippen LogP contribution in [0.2, 0.25) is 0 Å². The van der Waals surface area contributed by atoms with Gasteiger partial charge in [0.05, 0.1) is 19.8 Å². The summed E-state index contributed by atoms with van der Waals surface area (Å²) >= 11 is 0. The van der Waals surface area contributed by atoms with Gasteiger partial charge in [-0.1, -0.05) is 0 Å². The van der Waals surface area contributed by atoms with E-state index in [0.29, 0.717) is 22.9 Å². The Morgan fingerprint density at radius 3 is 2.47 bits per heavy atom. The molecule has 0 aliphatic heterocycles. The fraction of sp³-hybridized carbons (Fsp3) is 0.200. The van der Waals surface area contributed by atoms with Gasteiger partial charge in [0.2, 0.25) is 5.95 Å². The summed E-state index contributed by atoms with van der Waals surface area (Å²) in [6.07, 6.45) is 0. The summed E-state index contributed by atoms with van der Waals surface area (Å²) in [7, 11) is 3.14. The van der Waals surface area contributed by atoms with E-state index >= 15 is 0 Å². The summed E-state index contributed by atoms with van der Waals surface area (Å²) in [5.74, 6) is 7.55. The number of nitrogen functional groups attached to an aromatic ring is 2. The molecule has 1 aromatic carbocycles. The molecule has 0 aliphatic carbocycles. The second-order valence-electron chi connectivity index (χ2n) is 3.32. The Labute approximate surface area is 97.9 Å². The van der Waals surface area contributed by atoms with Gasteiger partial charge in [0.1, 0.15) is 11.5 Å². The highest BCUT2D eigenvalue weighted by Crippen LogP contribution is 2.32. The van der Waals surface area contributed by atoms with Gasteiger partial charge in [-0.2, -0.15) is 0 Å². The van der Waals surface area contributed by atoms with Crippen LogP contribution in [0.4, 0.5) is 5.95 Å². The maximum absolute atomic E-state index is 5.72. The van der Waals surface area contributed by atoms with Crippen molar-refractivity contribution in [3.8, 4) is 22.9 Å². The molecule has 0 aliphatic rings. The average molecular weight is 235 g/mol. The molecular formula is C10H13N5O2. The smallest absolute Gasteiger partial charge is 0.241 e. The summed E-state index contributed by atoms with van der Waals surface area (Å²) in [5, 5.41) is 7.59. The fourth-order valence-electron chi connectivity index (χ4n) is 1.48. The SMILES string of the molecule is COc1ccc(OC)c(-c2nnc(N)n2N)c1. The van der Waals surface area contributed by atoms with Gasteiger partial charge in [-0.05, 0) is 18.2 Å². The summed E-state index contributed by atoms with van der Waals surface area (Å²) in [6.45, 7) is 0. The number of rotatable bonds is 3. The van der Waals surface area contributed by atoms with Crippen LogP contribution >= 0.6 is 0 Å². The number of methoxy groups -OCH3 is 2. The third kappa shape index (κ3) is 1.82. The van der Waals surface area contributed by atoms with E-state index in [-0.39, 0.29) is 5.95 Å². The molecule has 4 N–H and O–H groups in total. The molecule has 1 aromatic heterocycles. The quantitative estimate of drug-likeness (QED) is 0.740. The van der Waals surface area contributed by atoms with Gasteiger partial charge in [-0.3, -0.25) is 0 Å². The van der Waals surface area contributed by atoms with E-state index in [4.69, 9.17) is 21.1 Å². The largest absolute Gasteiger partial charge is 0.497 e. The van der Waals surface area contributed by atoms with E-state index in [1.165, 1.54) is 4.68 Å². The minimum atomic E-state index is 0.130. The predicted molar refractivity (Wildman–Crippen MR) is 63.1 cm³/mol. The van der Waals surface area contributed by atoms with Crippen molar-refractivity contribution in [3.63, 3.8) is 0 Å². The molecule has 7 nitrogen and oxygen atoms in total. The Balaban J connectivity index is 2.60. The molecular weight excluding hydrogens is 222 g/mol. The number of ether oxygens (including phenoxy) is 2. The molecule has 0 bridgehead atoms. The molecule has 17 heavy (non-hydrogen) atoms. The standard InChI is InChI=1S/C10H13N5O2/c1-16-6-3-4-8(17-2)7(5-6)9-13-14-10(11)15(9)12/h3-5H,12H2,1-2H3,(H2,11,14). The first-order chi connectivity index (χ1) is 8.17. The zero-order valence-electron chi connectivity index (χ0n) is 9.54. The lowest BCUT2D eigenvalue weighted by Crippen LogP contribution is -2.13. The normalized spacial score (nSPS) is 10.2. The molecule has 1 heterocycles. The maximum atomic E-state index is 5.72. The van der Waals surface area contributed by atoms with Gasteiger partial charge >= 0.3 is 0 Å². The van der Waals surface area contributed by atoms with Crippen LogP contribution in [0.25, 0.3) is 11.4 Å². The second kappa shape index (κ2) is 4.20. The van der Waals surface area contributed by atoms with Crippen molar-refractivity contribution in [1.29, 1.82) is 0 Å². The number of nitrogens with two attached hydrogens (primary N) is 2. The van der Waals surface area contributed by atoms with Crippen molar-refractivity contribution >= 4 is 5.95 Å². The van der Waals surface area contributed by atoms with Gasteiger partial charge in [0.15, 0.2) is 5.82 Å². The lowest BCUT2D eigenvalue weighted by atomic mass is 10.2. The third-order valence-corrected chi connectivity index (χ3v) is 2.37. The first-order valence-corrected chi connectivity index (χ1v) is 4.85. The highest BCUT2D eigenvalue weighted by molar-refractivity contribution is 5.67. The molecule has 0 unspecified atom stereocenters. The van der Waals surface area contributed by atoms with Gasteiger partial charge in [-0.15, -0.1) is 10.2 Å². The van der Waals surface area contributed by atoms with Gasteiger partial charge in [0.25, 0.3) is 0 Å². The fourth-order valence-corrected chi connectivity index (χ4v) is 1.48. The Hall–Kier alpha value is -2.44. The molecule has 0 radical (unpaired) electrons. The van der Waals surface area contributed by atoms with Gasteiger partial charge < -0.3 is 21.1 Å². The molecule has 2 rings (SSSR count). The maximum Gasteiger partial charge on any atom is 0.241 e. The second-order valence-corrected chi connectivity index (χ2v) is 3.32. The van der Waals surface area contributed by atoms with Crippen LogP contribution < -0.4 is 21.1 Å². The highest BCUT2D eigenvalue weighted by atomic mass is 16.5. The highest BCUT2D eigenvalue weighted by Gasteiger charge is 2.15. The van der Waals surface area contributed by atoms with E-state index in [9.17, 15) is 0 Å². The monoisotopic (exact) mass is 235 g/mol. The molecule has 90 valence electrons. The lowest BCUT2D eigenvalue weighted by Gasteiger charge is -2.09. The van der Waals surface area contributed by atoms with Crippen molar-refractivity contribution in [2.75, 3.05) is 25.8 Å². The molecule has 0 saturated heterocycles. The summed E-state index contributed by atoms with van der Waals surface area (Å²) in [5.41, 5.74) is 6.20. The molecule has 7 heteroatoms. The lowest BCUT2D eigenvalue weighted by molar-refractivity contribution is 0.404. The van der Waals surface area contributed by atoms with Crippen molar-refractivity contribution in [2.24, 2.45) is 0 Å². The van der Waals surface area contributed by atoms with Gasteiger partial charge in [0, 0.05) is 0 Å². The summed E-state index contributed by atoms with van der Waals surface area (Å²) < 4.78 is 11.6.